The molecule has 5 nitrogen and oxygen atoms in total. The SMILES string of the molecule is CC(Nc1ncc(C(=O)N2CCCCCC2)cn1)c1ccccc1. The molecule has 3 rings (SSSR count). The second-order valence-corrected chi connectivity index (χ2v) is 6.28. The van der Waals surface area contributed by atoms with E-state index in [0.717, 1.165) is 25.9 Å². The molecule has 1 aromatic carbocycles. The molecule has 1 saturated heterocycles. The second kappa shape index (κ2) is 7.90. The van der Waals surface area contributed by atoms with E-state index >= 15 is 0 Å². The van der Waals surface area contributed by atoms with Crippen LogP contribution in [0.4, 0.5) is 5.95 Å². The topological polar surface area (TPSA) is 58.1 Å². The number of benzene rings is 1. The fourth-order valence-electron chi connectivity index (χ4n) is 2.99. The summed E-state index contributed by atoms with van der Waals surface area (Å²) in [7, 11) is 0. The zero-order valence-corrected chi connectivity index (χ0v) is 14.1. The highest BCUT2D eigenvalue weighted by atomic mass is 16.2. The number of likely N-dealkylation sites (tertiary alicyclic amines) is 1. The van der Waals surface area contributed by atoms with Gasteiger partial charge >= 0.3 is 0 Å². The largest absolute Gasteiger partial charge is 0.348 e. The minimum absolute atomic E-state index is 0.0413. The Hall–Kier alpha value is -2.43. The number of nitrogens with zero attached hydrogens (tertiary/aromatic N) is 3. The summed E-state index contributed by atoms with van der Waals surface area (Å²) in [6.07, 6.45) is 7.84. The molecule has 0 spiro atoms. The van der Waals surface area contributed by atoms with E-state index in [2.05, 4.69) is 34.3 Å². The van der Waals surface area contributed by atoms with Crippen LogP contribution in [0.15, 0.2) is 42.7 Å². The van der Waals surface area contributed by atoms with Crippen molar-refractivity contribution in [2.75, 3.05) is 18.4 Å². The highest BCUT2D eigenvalue weighted by Gasteiger charge is 2.18. The predicted molar refractivity (Wildman–Crippen MR) is 94.9 cm³/mol. The number of aromatic nitrogens is 2. The zero-order valence-electron chi connectivity index (χ0n) is 14.1. The molecule has 5 heteroatoms. The normalized spacial score (nSPS) is 16.3. The standard InChI is InChI=1S/C19H24N4O/c1-15(16-9-5-4-6-10-16)22-19-20-13-17(14-21-19)18(24)23-11-7-2-3-8-12-23/h4-6,9-10,13-15H,2-3,7-8,11-12H2,1H3,(H,20,21,22). The van der Waals surface area contributed by atoms with Crippen LogP contribution in [0.2, 0.25) is 0 Å². The Morgan fingerprint density at radius 2 is 1.67 bits per heavy atom. The van der Waals surface area contributed by atoms with E-state index in [4.69, 9.17) is 0 Å². The number of hydrogen-bond acceptors (Lipinski definition) is 4. The van der Waals surface area contributed by atoms with Crippen molar-refractivity contribution in [1.82, 2.24) is 14.9 Å². The average Bonchev–Trinajstić information content (AvgIpc) is 2.92. The van der Waals surface area contributed by atoms with E-state index in [0.29, 0.717) is 11.5 Å². The van der Waals surface area contributed by atoms with Crippen molar-refractivity contribution in [1.29, 1.82) is 0 Å². The number of carbonyl (C=O) groups excluding carboxylic acids is 1. The molecule has 24 heavy (non-hydrogen) atoms. The fourth-order valence-corrected chi connectivity index (χ4v) is 2.99. The molecule has 2 heterocycles. The molecule has 1 amide bonds. The van der Waals surface area contributed by atoms with Gasteiger partial charge in [-0.2, -0.15) is 0 Å². The van der Waals surface area contributed by atoms with E-state index in [1.54, 1.807) is 12.4 Å². The van der Waals surface area contributed by atoms with Crippen LogP contribution >= 0.6 is 0 Å². The molecule has 2 aromatic rings. The van der Waals surface area contributed by atoms with Gasteiger partial charge in [-0.15, -0.1) is 0 Å². The van der Waals surface area contributed by atoms with E-state index in [-0.39, 0.29) is 11.9 Å². The minimum Gasteiger partial charge on any atom is -0.348 e. The van der Waals surface area contributed by atoms with Crippen molar-refractivity contribution >= 4 is 11.9 Å². The maximum atomic E-state index is 12.5. The van der Waals surface area contributed by atoms with Crippen molar-refractivity contribution in [3.05, 3.63) is 53.9 Å². The monoisotopic (exact) mass is 324 g/mol. The Morgan fingerprint density at radius 1 is 1.04 bits per heavy atom. The van der Waals surface area contributed by atoms with Gasteiger partial charge in [-0.25, -0.2) is 9.97 Å². The molecule has 1 unspecified atom stereocenters. The van der Waals surface area contributed by atoms with Crippen LogP contribution in [0.3, 0.4) is 0 Å². The van der Waals surface area contributed by atoms with E-state index in [9.17, 15) is 4.79 Å². The van der Waals surface area contributed by atoms with E-state index in [1.807, 2.05) is 23.1 Å². The van der Waals surface area contributed by atoms with E-state index in [1.165, 1.54) is 18.4 Å². The van der Waals surface area contributed by atoms with Crippen LogP contribution in [0.5, 0.6) is 0 Å². The molecule has 1 aliphatic heterocycles. The number of nitrogens with one attached hydrogen (secondary N) is 1. The summed E-state index contributed by atoms with van der Waals surface area (Å²) in [4.78, 5) is 23.1. The van der Waals surface area contributed by atoms with Crippen molar-refractivity contribution < 1.29 is 4.79 Å². The Balaban J connectivity index is 1.63. The van der Waals surface area contributed by atoms with Gasteiger partial charge in [-0.05, 0) is 25.3 Å². The minimum atomic E-state index is 0.0413. The third kappa shape index (κ3) is 4.10. The lowest BCUT2D eigenvalue weighted by Gasteiger charge is -2.20. The van der Waals surface area contributed by atoms with Gasteiger partial charge in [-0.3, -0.25) is 4.79 Å². The lowest BCUT2D eigenvalue weighted by Crippen LogP contribution is -2.32. The van der Waals surface area contributed by atoms with Crippen LogP contribution in [0.25, 0.3) is 0 Å². The van der Waals surface area contributed by atoms with Gasteiger partial charge in [0.1, 0.15) is 0 Å². The molecule has 1 N–H and O–H groups in total. The summed E-state index contributed by atoms with van der Waals surface area (Å²) in [5, 5.41) is 3.27. The van der Waals surface area contributed by atoms with Crippen molar-refractivity contribution in [2.24, 2.45) is 0 Å². The molecule has 0 saturated carbocycles. The quantitative estimate of drug-likeness (QED) is 0.932. The Bertz CT molecular complexity index is 649. The molecule has 1 atom stereocenters. The first-order valence-electron chi connectivity index (χ1n) is 8.67. The summed E-state index contributed by atoms with van der Waals surface area (Å²) in [5.74, 6) is 0.582. The van der Waals surface area contributed by atoms with Gasteiger partial charge in [-0.1, -0.05) is 43.2 Å². The highest BCUT2D eigenvalue weighted by molar-refractivity contribution is 5.93. The number of hydrogen-bond donors (Lipinski definition) is 1. The van der Waals surface area contributed by atoms with E-state index < -0.39 is 0 Å². The summed E-state index contributed by atoms with van der Waals surface area (Å²) in [5.41, 5.74) is 1.74. The third-order valence-electron chi connectivity index (χ3n) is 4.44. The number of carbonyl (C=O) groups is 1. The van der Waals surface area contributed by atoms with Gasteiger partial charge in [0.25, 0.3) is 5.91 Å². The van der Waals surface area contributed by atoms with Crippen LogP contribution in [0, 0.1) is 0 Å². The van der Waals surface area contributed by atoms with Crippen LogP contribution in [0.1, 0.15) is 54.6 Å². The summed E-state index contributed by atoms with van der Waals surface area (Å²) >= 11 is 0. The molecule has 0 aliphatic carbocycles. The first kappa shape index (κ1) is 16.4. The first-order valence-corrected chi connectivity index (χ1v) is 8.67. The van der Waals surface area contributed by atoms with Crippen LogP contribution in [-0.2, 0) is 0 Å². The summed E-state index contributed by atoms with van der Waals surface area (Å²) in [6, 6.07) is 10.3. The molecule has 0 radical (unpaired) electrons. The zero-order chi connectivity index (χ0) is 16.8. The molecule has 1 fully saturated rings. The number of rotatable bonds is 4. The summed E-state index contributed by atoms with van der Waals surface area (Å²) < 4.78 is 0. The smallest absolute Gasteiger partial charge is 0.256 e. The maximum absolute atomic E-state index is 12.5. The lowest BCUT2D eigenvalue weighted by molar-refractivity contribution is 0.0761. The van der Waals surface area contributed by atoms with Gasteiger partial charge < -0.3 is 10.2 Å². The van der Waals surface area contributed by atoms with Crippen LogP contribution < -0.4 is 5.32 Å². The second-order valence-electron chi connectivity index (χ2n) is 6.28. The predicted octanol–water partition coefficient (Wildman–Crippen LogP) is 3.67. The Kier molecular flexibility index (Phi) is 5.41. The fraction of sp³-hybridized carbons (Fsp3) is 0.421. The molecule has 0 bridgehead atoms. The Labute approximate surface area is 143 Å². The van der Waals surface area contributed by atoms with Gasteiger partial charge in [0.05, 0.1) is 11.6 Å². The van der Waals surface area contributed by atoms with Crippen molar-refractivity contribution in [2.45, 2.75) is 38.6 Å². The number of amides is 1. The first-order chi connectivity index (χ1) is 11.7. The highest BCUT2D eigenvalue weighted by Crippen LogP contribution is 2.17. The molecule has 1 aliphatic rings. The summed E-state index contributed by atoms with van der Waals surface area (Å²) in [6.45, 7) is 3.74. The molecular weight excluding hydrogens is 300 g/mol. The van der Waals surface area contributed by atoms with Gasteiger partial charge in [0.2, 0.25) is 5.95 Å². The third-order valence-corrected chi connectivity index (χ3v) is 4.44. The van der Waals surface area contributed by atoms with Gasteiger partial charge in [0, 0.05) is 25.5 Å². The number of anilines is 1. The molecular formula is C19H24N4O. The Morgan fingerprint density at radius 3 is 2.29 bits per heavy atom. The maximum Gasteiger partial charge on any atom is 0.256 e. The molecule has 1 aromatic heterocycles. The van der Waals surface area contributed by atoms with Crippen LogP contribution in [-0.4, -0.2) is 33.9 Å². The average molecular weight is 324 g/mol. The van der Waals surface area contributed by atoms with Crippen molar-refractivity contribution in [3.8, 4) is 0 Å². The molecule has 126 valence electrons. The van der Waals surface area contributed by atoms with Crippen molar-refractivity contribution in [3.63, 3.8) is 0 Å². The van der Waals surface area contributed by atoms with Gasteiger partial charge in [0.15, 0.2) is 0 Å². The lowest BCUT2D eigenvalue weighted by atomic mass is 10.1.